The van der Waals surface area contributed by atoms with E-state index in [9.17, 15) is 9.90 Å². The van der Waals surface area contributed by atoms with Crippen LogP contribution in [-0.4, -0.2) is 37.1 Å². The van der Waals surface area contributed by atoms with Gasteiger partial charge in [0.1, 0.15) is 30.2 Å². The maximum absolute atomic E-state index is 12.9. The van der Waals surface area contributed by atoms with Gasteiger partial charge in [-0.1, -0.05) is 30.3 Å². The number of fused-ring (bicyclic) bond motifs is 1. The number of aliphatic hydroxyl groups excluding tert-OH is 1. The first-order chi connectivity index (χ1) is 15.1. The lowest BCUT2D eigenvalue weighted by molar-refractivity contribution is 0.0915. The highest BCUT2D eigenvalue weighted by molar-refractivity contribution is 5.75. The topological polar surface area (TPSA) is 106 Å². The van der Waals surface area contributed by atoms with Crippen LogP contribution in [0.1, 0.15) is 11.1 Å². The van der Waals surface area contributed by atoms with E-state index in [0.29, 0.717) is 23.2 Å². The van der Waals surface area contributed by atoms with Crippen LogP contribution in [0.2, 0.25) is 0 Å². The molecule has 31 heavy (non-hydrogen) atoms. The lowest BCUT2D eigenvalue weighted by atomic mass is 10.2. The number of nitrogens with zero attached hydrogens (tertiary/aromatic N) is 5. The van der Waals surface area contributed by atoms with Gasteiger partial charge in [0.2, 0.25) is 0 Å². The summed E-state index contributed by atoms with van der Waals surface area (Å²) in [6, 6.07) is 16.9. The zero-order valence-electron chi connectivity index (χ0n) is 17.0. The first-order valence-electron chi connectivity index (χ1n) is 9.82. The fourth-order valence-corrected chi connectivity index (χ4v) is 3.32. The predicted molar refractivity (Wildman–Crippen MR) is 115 cm³/mol. The summed E-state index contributed by atoms with van der Waals surface area (Å²) in [4.78, 5) is 17.3. The summed E-state index contributed by atoms with van der Waals surface area (Å²) in [7, 11) is 0. The number of ether oxygens (including phenoxy) is 1. The summed E-state index contributed by atoms with van der Waals surface area (Å²) in [5.74, 6) is 0.584. The molecule has 1 N–H and O–H groups in total. The van der Waals surface area contributed by atoms with E-state index < -0.39 is 6.10 Å². The van der Waals surface area contributed by atoms with Crippen molar-refractivity contribution in [3.05, 3.63) is 82.5 Å². The number of aryl methyl sites for hydroxylation is 1. The quantitative estimate of drug-likeness (QED) is 0.497. The van der Waals surface area contributed by atoms with Crippen LogP contribution in [0.25, 0.3) is 16.7 Å². The van der Waals surface area contributed by atoms with E-state index in [1.54, 1.807) is 28.9 Å². The van der Waals surface area contributed by atoms with E-state index >= 15 is 0 Å². The van der Waals surface area contributed by atoms with Crippen molar-refractivity contribution >= 4 is 11.0 Å². The Labute approximate surface area is 178 Å². The Morgan fingerprint density at radius 1 is 1.19 bits per heavy atom. The second-order valence-corrected chi connectivity index (χ2v) is 7.23. The number of para-hydroxylation sites is 1. The van der Waals surface area contributed by atoms with Crippen molar-refractivity contribution < 1.29 is 9.84 Å². The highest BCUT2D eigenvalue weighted by atomic mass is 16.5. The van der Waals surface area contributed by atoms with Crippen LogP contribution in [-0.2, 0) is 13.0 Å². The fourth-order valence-electron chi connectivity index (χ4n) is 3.32. The van der Waals surface area contributed by atoms with Gasteiger partial charge >= 0.3 is 0 Å². The maximum atomic E-state index is 12.9. The van der Waals surface area contributed by atoms with Crippen molar-refractivity contribution in [3.8, 4) is 17.5 Å². The minimum absolute atomic E-state index is 0.0184. The Kier molecular flexibility index (Phi) is 5.78. The zero-order chi connectivity index (χ0) is 21.8. The lowest BCUT2D eigenvalue weighted by Crippen LogP contribution is -2.30. The number of hydrogen-bond donors (Lipinski definition) is 1. The highest BCUT2D eigenvalue weighted by Gasteiger charge is 2.15. The third kappa shape index (κ3) is 4.32. The van der Waals surface area contributed by atoms with Gasteiger partial charge in [0.05, 0.1) is 30.9 Å². The Morgan fingerprint density at radius 3 is 2.71 bits per heavy atom. The van der Waals surface area contributed by atoms with Gasteiger partial charge in [0.15, 0.2) is 5.65 Å². The number of nitriles is 1. The summed E-state index contributed by atoms with van der Waals surface area (Å²) in [5, 5.41) is 23.8. The molecule has 8 heteroatoms. The van der Waals surface area contributed by atoms with E-state index in [0.717, 1.165) is 16.8 Å². The molecule has 0 saturated heterocycles. The number of rotatable bonds is 7. The van der Waals surface area contributed by atoms with E-state index in [1.165, 1.54) is 17.1 Å². The second-order valence-electron chi connectivity index (χ2n) is 7.23. The van der Waals surface area contributed by atoms with Crippen molar-refractivity contribution in [3.63, 3.8) is 0 Å². The third-order valence-corrected chi connectivity index (χ3v) is 4.95. The van der Waals surface area contributed by atoms with Crippen LogP contribution in [0.15, 0.2) is 65.8 Å². The molecule has 0 saturated carbocycles. The van der Waals surface area contributed by atoms with Gasteiger partial charge in [-0.2, -0.15) is 10.4 Å². The van der Waals surface area contributed by atoms with Crippen LogP contribution >= 0.6 is 0 Å². The molecule has 8 nitrogen and oxygen atoms in total. The Morgan fingerprint density at radius 2 is 1.97 bits per heavy atom. The van der Waals surface area contributed by atoms with Crippen LogP contribution in [0.5, 0.6) is 5.75 Å². The smallest absolute Gasteiger partial charge is 0.264 e. The molecule has 0 spiro atoms. The molecule has 2 aromatic carbocycles. The molecule has 1 atom stereocenters. The van der Waals surface area contributed by atoms with E-state index in [2.05, 4.69) is 16.2 Å². The number of aliphatic hydroxyl groups is 1. The van der Waals surface area contributed by atoms with Crippen molar-refractivity contribution in [1.29, 1.82) is 5.26 Å². The average molecular weight is 415 g/mol. The van der Waals surface area contributed by atoms with Gasteiger partial charge in [-0.15, -0.1) is 0 Å². The van der Waals surface area contributed by atoms with E-state index in [1.807, 2.05) is 31.2 Å². The fraction of sp³-hybridized carbons (Fsp3) is 0.217. The number of benzene rings is 2. The van der Waals surface area contributed by atoms with Gasteiger partial charge in [-0.25, -0.2) is 9.67 Å². The van der Waals surface area contributed by atoms with Crippen molar-refractivity contribution in [2.45, 2.75) is 26.0 Å². The summed E-state index contributed by atoms with van der Waals surface area (Å²) in [6.45, 7) is 2.03. The highest BCUT2D eigenvalue weighted by Crippen LogP contribution is 2.17. The van der Waals surface area contributed by atoms with Crippen LogP contribution < -0.4 is 10.3 Å². The molecule has 0 amide bonds. The van der Waals surface area contributed by atoms with E-state index in [-0.39, 0.29) is 18.7 Å². The first kappa shape index (κ1) is 20.3. The molecule has 0 aliphatic rings. The molecule has 156 valence electrons. The van der Waals surface area contributed by atoms with Crippen molar-refractivity contribution in [2.24, 2.45) is 0 Å². The summed E-state index contributed by atoms with van der Waals surface area (Å²) >= 11 is 0. The monoisotopic (exact) mass is 415 g/mol. The van der Waals surface area contributed by atoms with Crippen LogP contribution in [0.4, 0.5) is 0 Å². The van der Waals surface area contributed by atoms with Crippen LogP contribution in [0.3, 0.4) is 0 Å². The average Bonchev–Trinajstić information content (AvgIpc) is 3.20. The minimum Gasteiger partial charge on any atom is -0.491 e. The van der Waals surface area contributed by atoms with Gasteiger partial charge in [0.25, 0.3) is 5.56 Å². The standard InChI is InChI=1S/C23H21N5O3/c1-16-4-2-3-5-21(16)28-22-20(12-26-28)23(30)27(15-25-22)13-18(29)14-31-19-8-6-17(7-9-19)10-11-24/h2-9,12,15,18,29H,10,13-14H2,1H3. The summed E-state index contributed by atoms with van der Waals surface area (Å²) in [5.41, 5.74) is 2.97. The van der Waals surface area contributed by atoms with Crippen molar-refractivity contribution in [1.82, 2.24) is 19.3 Å². The Hall–Kier alpha value is -3.96. The largest absolute Gasteiger partial charge is 0.491 e. The van der Waals surface area contributed by atoms with Gasteiger partial charge in [0, 0.05) is 0 Å². The second kappa shape index (κ2) is 8.81. The van der Waals surface area contributed by atoms with Crippen LogP contribution in [0, 0.1) is 18.3 Å². The normalized spacial score (nSPS) is 11.9. The molecule has 4 rings (SSSR count). The van der Waals surface area contributed by atoms with Crippen molar-refractivity contribution in [2.75, 3.05) is 6.61 Å². The molecular weight excluding hydrogens is 394 g/mol. The molecule has 0 aliphatic heterocycles. The third-order valence-electron chi connectivity index (χ3n) is 4.95. The SMILES string of the molecule is Cc1ccccc1-n1ncc2c(=O)n(CC(O)COc3ccc(CC#N)cc3)cnc21. The van der Waals surface area contributed by atoms with Gasteiger partial charge in [-0.3, -0.25) is 9.36 Å². The minimum atomic E-state index is -0.901. The molecule has 0 radical (unpaired) electrons. The lowest BCUT2D eigenvalue weighted by Gasteiger charge is -2.14. The molecule has 0 fully saturated rings. The molecule has 0 bridgehead atoms. The van der Waals surface area contributed by atoms with Gasteiger partial charge < -0.3 is 9.84 Å². The Bertz CT molecular complexity index is 1300. The first-order valence-corrected chi connectivity index (χ1v) is 9.82. The number of hydrogen-bond acceptors (Lipinski definition) is 6. The van der Waals surface area contributed by atoms with Gasteiger partial charge in [-0.05, 0) is 36.2 Å². The molecule has 2 heterocycles. The maximum Gasteiger partial charge on any atom is 0.264 e. The Balaban J connectivity index is 1.47. The molecule has 4 aromatic rings. The van der Waals surface area contributed by atoms with E-state index in [4.69, 9.17) is 10.00 Å². The summed E-state index contributed by atoms with van der Waals surface area (Å²) in [6.07, 6.45) is 2.35. The molecule has 1 unspecified atom stereocenters. The molecular formula is C23H21N5O3. The zero-order valence-corrected chi connectivity index (χ0v) is 17.0. The molecule has 0 aliphatic carbocycles. The molecule has 2 aromatic heterocycles. The predicted octanol–water partition coefficient (Wildman–Crippen LogP) is 2.40. The number of aromatic nitrogens is 4. The summed E-state index contributed by atoms with van der Waals surface area (Å²) < 4.78 is 8.59.